The number of ether oxygens (including phenoxy) is 1. The number of imide groups is 1. The van der Waals surface area contributed by atoms with Crippen LogP contribution in [0.5, 0.6) is 5.75 Å². The molecule has 1 aliphatic heterocycles. The Morgan fingerprint density at radius 1 is 1.11 bits per heavy atom. The normalized spacial score (nSPS) is 15.6. The number of rotatable bonds is 7. The van der Waals surface area contributed by atoms with Crippen molar-refractivity contribution in [3.8, 4) is 5.75 Å². The van der Waals surface area contributed by atoms with Crippen molar-refractivity contribution < 1.29 is 14.3 Å². The summed E-state index contributed by atoms with van der Waals surface area (Å²) in [5, 5.41) is 0.479. The molecule has 140 valence electrons. The van der Waals surface area contributed by atoms with Gasteiger partial charge in [-0.05, 0) is 48.0 Å². The van der Waals surface area contributed by atoms with Gasteiger partial charge in [0.2, 0.25) is 0 Å². The molecule has 4 nitrogen and oxygen atoms in total. The minimum absolute atomic E-state index is 0.195. The quantitative estimate of drug-likeness (QED) is 0.553. The fraction of sp³-hybridized carbons (Fsp3) is 0.238. The third kappa shape index (κ3) is 4.93. The Labute approximate surface area is 168 Å². The third-order valence-corrected chi connectivity index (χ3v) is 5.42. The number of unbranched alkanes of at least 4 members (excludes halogenated alkanes) is 1. The Morgan fingerprint density at radius 2 is 1.85 bits per heavy atom. The molecule has 0 saturated carbocycles. The number of carbonyl (C=O) groups excluding carboxylic acids is 2. The van der Waals surface area contributed by atoms with Crippen LogP contribution in [0.15, 0.2) is 53.4 Å². The first-order chi connectivity index (χ1) is 13.1. The Morgan fingerprint density at radius 3 is 2.56 bits per heavy atom. The van der Waals surface area contributed by atoms with Crippen molar-refractivity contribution >= 4 is 40.6 Å². The summed E-state index contributed by atoms with van der Waals surface area (Å²) >= 11 is 7.12. The summed E-state index contributed by atoms with van der Waals surface area (Å²) in [7, 11) is 0. The topological polar surface area (TPSA) is 46.6 Å². The van der Waals surface area contributed by atoms with Crippen LogP contribution in [0.3, 0.4) is 0 Å². The van der Waals surface area contributed by atoms with E-state index >= 15 is 0 Å². The van der Waals surface area contributed by atoms with E-state index in [2.05, 4.69) is 0 Å². The second-order valence-corrected chi connectivity index (χ2v) is 7.54. The van der Waals surface area contributed by atoms with Crippen molar-refractivity contribution in [2.24, 2.45) is 0 Å². The summed E-state index contributed by atoms with van der Waals surface area (Å²) < 4.78 is 5.76. The average molecular weight is 402 g/mol. The number of benzene rings is 2. The Hall–Kier alpha value is -2.24. The van der Waals surface area contributed by atoms with E-state index in [0.717, 1.165) is 35.7 Å². The Kier molecular flexibility index (Phi) is 6.58. The number of amides is 2. The molecule has 0 spiro atoms. The summed E-state index contributed by atoms with van der Waals surface area (Å²) in [5.41, 5.74) is 1.77. The number of thioether (sulfide) groups is 1. The largest absolute Gasteiger partial charge is 0.489 e. The lowest BCUT2D eigenvalue weighted by atomic mass is 10.2. The molecule has 1 saturated heterocycles. The van der Waals surface area contributed by atoms with Gasteiger partial charge in [0.05, 0.1) is 4.91 Å². The number of halogens is 1. The molecular formula is C21H20ClNO3S. The predicted molar refractivity (Wildman–Crippen MR) is 110 cm³/mol. The van der Waals surface area contributed by atoms with E-state index in [-0.39, 0.29) is 11.1 Å². The fourth-order valence-corrected chi connectivity index (χ4v) is 3.65. The van der Waals surface area contributed by atoms with Crippen molar-refractivity contribution in [3.05, 3.63) is 69.6 Å². The summed E-state index contributed by atoms with van der Waals surface area (Å²) in [6.07, 6.45) is 3.51. The maximum absolute atomic E-state index is 12.4. The smallest absolute Gasteiger partial charge is 0.293 e. The van der Waals surface area contributed by atoms with Gasteiger partial charge in [-0.25, -0.2) is 0 Å². The average Bonchev–Trinajstić information content (AvgIpc) is 2.93. The molecule has 0 radical (unpaired) electrons. The minimum Gasteiger partial charge on any atom is -0.489 e. The van der Waals surface area contributed by atoms with Crippen LogP contribution in [0, 0.1) is 0 Å². The van der Waals surface area contributed by atoms with Gasteiger partial charge in [-0.15, -0.1) is 0 Å². The lowest BCUT2D eigenvalue weighted by molar-refractivity contribution is -0.122. The molecule has 1 aliphatic rings. The maximum atomic E-state index is 12.4. The van der Waals surface area contributed by atoms with Crippen LogP contribution in [0.2, 0.25) is 5.02 Å². The predicted octanol–water partition coefficient (Wildman–Crippen LogP) is 5.76. The van der Waals surface area contributed by atoms with Gasteiger partial charge in [-0.3, -0.25) is 14.5 Å². The van der Waals surface area contributed by atoms with Crippen molar-refractivity contribution in [1.82, 2.24) is 4.90 Å². The molecule has 27 heavy (non-hydrogen) atoms. The second-order valence-electron chi connectivity index (χ2n) is 6.14. The highest BCUT2D eigenvalue weighted by atomic mass is 35.5. The minimum atomic E-state index is -0.211. The van der Waals surface area contributed by atoms with Crippen LogP contribution >= 0.6 is 23.4 Å². The van der Waals surface area contributed by atoms with Gasteiger partial charge in [0.25, 0.3) is 11.1 Å². The zero-order chi connectivity index (χ0) is 19.2. The molecule has 0 aliphatic carbocycles. The summed E-state index contributed by atoms with van der Waals surface area (Å²) in [5.74, 6) is 0.501. The van der Waals surface area contributed by atoms with Crippen LogP contribution in [-0.2, 0) is 11.4 Å². The molecular weight excluding hydrogens is 382 g/mol. The lowest BCUT2D eigenvalue weighted by Gasteiger charge is -2.10. The molecule has 0 aromatic heterocycles. The number of hydrogen-bond donors (Lipinski definition) is 0. The van der Waals surface area contributed by atoms with Crippen molar-refractivity contribution in [1.29, 1.82) is 0 Å². The first kappa shape index (κ1) is 19.5. The van der Waals surface area contributed by atoms with E-state index < -0.39 is 0 Å². The van der Waals surface area contributed by atoms with Crippen LogP contribution in [0.25, 0.3) is 6.08 Å². The van der Waals surface area contributed by atoms with Gasteiger partial charge >= 0.3 is 0 Å². The van der Waals surface area contributed by atoms with E-state index in [0.29, 0.717) is 28.8 Å². The van der Waals surface area contributed by atoms with E-state index in [4.69, 9.17) is 16.3 Å². The van der Waals surface area contributed by atoms with E-state index in [1.165, 1.54) is 4.90 Å². The summed E-state index contributed by atoms with van der Waals surface area (Å²) in [6.45, 7) is 2.90. The molecule has 0 unspecified atom stereocenters. The van der Waals surface area contributed by atoms with Gasteiger partial charge in [0.1, 0.15) is 12.4 Å². The first-order valence-corrected chi connectivity index (χ1v) is 9.99. The molecule has 1 fully saturated rings. The SMILES string of the molecule is CCCCN1C(=O)SC(=Cc2ccc(OCc3ccccc3Cl)cc2)C1=O. The van der Waals surface area contributed by atoms with Crippen LogP contribution in [0.4, 0.5) is 4.79 Å². The Bertz CT molecular complexity index is 864. The maximum Gasteiger partial charge on any atom is 0.293 e. The summed E-state index contributed by atoms with van der Waals surface area (Å²) in [6, 6.07) is 15.0. The van der Waals surface area contributed by atoms with Gasteiger partial charge in [-0.1, -0.05) is 55.3 Å². The van der Waals surface area contributed by atoms with Crippen molar-refractivity contribution in [2.45, 2.75) is 26.4 Å². The van der Waals surface area contributed by atoms with E-state index in [1.807, 2.05) is 55.5 Å². The number of hydrogen-bond acceptors (Lipinski definition) is 4. The van der Waals surface area contributed by atoms with Gasteiger partial charge in [0.15, 0.2) is 0 Å². The lowest BCUT2D eigenvalue weighted by Crippen LogP contribution is -2.29. The zero-order valence-electron chi connectivity index (χ0n) is 15.0. The molecule has 2 aromatic carbocycles. The highest BCUT2D eigenvalue weighted by Gasteiger charge is 2.34. The summed E-state index contributed by atoms with van der Waals surface area (Å²) in [4.78, 5) is 26.1. The first-order valence-electron chi connectivity index (χ1n) is 8.80. The number of carbonyl (C=O) groups is 2. The molecule has 0 bridgehead atoms. The zero-order valence-corrected chi connectivity index (χ0v) is 16.6. The van der Waals surface area contributed by atoms with E-state index in [9.17, 15) is 9.59 Å². The molecule has 2 aromatic rings. The molecule has 6 heteroatoms. The molecule has 3 rings (SSSR count). The van der Waals surface area contributed by atoms with Crippen LogP contribution in [-0.4, -0.2) is 22.6 Å². The second kappa shape index (κ2) is 9.11. The molecule has 0 atom stereocenters. The van der Waals surface area contributed by atoms with Crippen LogP contribution in [0.1, 0.15) is 30.9 Å². The monoisotopic (exact) mass is 401 g/mol. The fourth-order valence-electron chi connectivity index (χ4n) is 2.60. The molecule has 1 heterocycles. The van der Waals surface area contributed by atoms with Gasteiger partial charge < -0.3 is 4.74 Å². The third-order valence-electron chi connectivity index (χ3n) is 4.14. The van der Waals surface area contributed by atoms with Crippen molar-refractivity contribution in [2.75, 3.05) is 6.54 Å². The number of nitrogens with zero attached hydrogens (tertiary/aromatic N) is 1. The standard InChI is InChI=1S/C21H20ClNO3S/c1-2-3-12-23-20(24)19(27-21(23)25)13-15-8-10-17(11-9-15)26-14-16-6-4-5-7-18(16)22/h4-11,13H,2-3,12,14H2,1H3. The molecule has 2 amide bonds. The highest BCUT2D eigenvalue weighted by Crippen LogP contribution is 2.32. The molecule has 0 N–H and O–H groups in total. The van der Waals surface area contributed by atoms with Gasteiger partial charge in [0, 0.05) is 17.1 Å². The van der Waals surface area contributed by atoms with Crippen LogP contribution < -0.4 is 4.74 Å². The van der Waals surface area contributed by atoms with Gasteiger partial charge in [-0.2, -0.15) is 0 Å². The highest BCUT2D eigenvalue weighted by molar-refractivity contribution is 8.18. The van der Waals surface area contributed by atoms with Crippen molar-refractivity contribution in [3.63, 3.8) is 0 Å². The van der Waals surface area contributed by atoms with E-state index in [1.54, 1.807) is 6.08 Å². The Balaban J connectivity index is 1.63.